The molecule has 1 amide bonds. The summed E-state index contributed by atoms with van der Waals surface area (Å²) in [6, 6.07) is 11.0. The van der Waals surface area contributed by atoms with Crippen molar-refractivity contribution in [3.05, 3.63) is 71.3 Å². The summed E-state index contributed by atoms with van der Waals surface area (Å²) in [4.78, 5) is 35.0. The van der Waals surface area contributed by atoms with E-state index in [2.05, 4.69) is 16.6 Å². The number of carbonyl (C=O) groups is 3. The standard InChI is InChI=1S/C24H22N2O7/c1-4-5-17-10-15(12-20(31-2)22(17)33-14-21(27)28)11-18(13-25)23(29)26-19-8-6-16(7-9-19)24(30)32-3/h4,6-12H,1,5,14H2,2-3H3,(H,26,29)(H,27,28)/b18-11+. The van der Waals surface area contributed by atoms with Crippen LogP contribution >= 0.6 is 0 Å². The number of ether oxygens (including phenoxy) is 3. The first-order valence-corrected chi connectivity index (χ1v) is 9.60. The largest absolute Gasteiger partial charge is 0.493 e. The smallest absolute Gasteiger partial charge is 0.341 e. The van der Waals surface area contributed by atoms with Gasteiger partial charge in [-0.3, -0.25) is 4.79 Å². The molecular formula is C24H22N2O7. The minimum Gasteiger partial charge on any atom is -0.493 e. The molecule has 0 aliphatic rings. The van der Waals surface area contributed by atoms with Gasteiger partial charge in [-0.1, -0.05) is 6.08 Å². The molecule has 33 heavy (non-hydrogen) atoms. The third-order valence-electron chi connectivity index (χ3n) is 4.32. The number of aliphatic carboxylic acids is 1. The molecule has 0 saturated carbocycles. The quantitative estimate of drug-likeness (QED) is 0.244. The molecule has 170 valence electrons. The third kappa shape index (κ3) is 6.70. The molecule has 9 heteroatoms. The number of hydrogen-bond acceptors (Lipinski definition) is 7. The number of hydrogen-bond donors (Lipinski definition) is 2. The number of nitrogens with one attached hydrogen (secondary N) is 1. The number of allylic oxidation sites excluding steroid dienone is 1. The summed E-state index contributed by atoms with van der Waals surface area (Å²) in [5.41, 5.74) is 1.57. The summed E-state index contributed by atoms with van der Waals surface area (Å²) in [5.74, 6) is -1.82. The van der Waals surface area contributed by atoms with Gasteiger partial charge in [0.15, 0.2) is 18.1 Å². The number of anilines is 1. The van der Waals surface area contributed by atoms with Crippen molar-refractivity contribution in [2.45, 2.75) is 6.42 Å². The highest BCUT2D eigenvalue weighted by atomic mass is 16.5. The molecule has 0 atom stereocenters. The van der Waals surface area contributed by atoms with Gasteiger partial charge < -0.3 is 24.6 Å². The zero-order chi connectivity index (χ0) is 24.4. The van der Waals surface area contributed by atoms with Gasteiger partial charge in [-0.2, -0.15) is 5.26 Å². The van der Waals surface area contributed by atoms with Crippen molar-refractivity contribution in [1.82, 2.24) is 0 Å². The van der Waals surface area contributed by atoms with Crippen molar-refractivity contribution in [2.75, 3.05) is 26.1 Å². The van der Waals surface area contributed by atoms with E-state index in [1.54, 1.807) is 12.1 Å². The van der Waals surface area contributed by atoms with Gasteiger partial charge in [-0.05, 0) is 54.5 Å². The van der Waals surface area contributed by atoms with E-state index in [-0.39, 0.29) is 17.1 Å². The lowest BCUT2D eigenvalue weighted by atomic mass is 10.0. The minimum absolute atomic E-state index is 0.183. The molecule has 2 rings (SSSR count). The molecule has 0 bridgehead atoms. The highest BCUT2D eigenvalue weighted by Gasteiger charge is 2.16. The van der Waals surface area contributed by atoms with Crippen LogP contribution in [0.1, 0.15) is 21.5 Å². The van der Waals surface area contributed by atoms with E-state index < -0.39 is 24.5 Å². The number of rotatable bonds is 10. The summed E-state index contributed by atoms with van der Waals surface area (Å²) in [6.07, 6.45) is 3.31. The van der Waals surface area contributed by atoms with Crippen LogP contribution in [0.5, 0.6) is 11.5 Å². The summed E-state index contributed by atoms with van der Waals surface area (Å²) < 4.78 is 15.3. The van der Waals surface area contributed by atoms with Gasteiger partial charge in [0.25, 0.3) is 5.91 Å². The van der Waals surface area contributed by atoms with Crippen molar-refractivity contribution < 1.29 is 33.7 Å². The molecule has 9 nitrogen and oxygen atoms in total. The summed E-state index contributed by atoms with van der Waals surface area (Å²) in [7, 11) is 2.66. The molecule has 2 aromatic carbocycles. The van der Waals surface area contributed by atoms with Crippen LogP contribution in [-0.2, 0) is 20.7 Å². The molecule has 0 radical (unpaired) electrons. The Bertz CT molecular complexity index is 1130. The van der Waals surface area contributed by atoms with E-state index in [0.29, 0.717) is 28.8 Å². The molecule has 0 aromatic heterocycles. The molecule has 0 spiro atoms. The van der Waals surface area contributed by atoms with Crippen molar-refractivity contribution in [3.63, 3.8) is 0 Å². The van der Waals surface area contributed by atoms with Crippen molar-refractivity contribution in [3.8, 4) is 17.6 Å². The van der Waals surface area contributed by atoms with E-state index in [1.165, 1.54) is 50.6 Å². The zero-order valence-corrected chi connectivity index (χ0v) is 18.1. The normalized spacial score (nSPS) is 10.5. The Kier molecular flexibility index (Phi) is 8.76. The summed E-state index contributed by atoms with van der Waals surface area (Å²) >= 11 is 0. The number of carboxylic acid groups (broad SMARTS) is 1. The van der Waals surface area contributed by atoms with E-state index >= 15 is 0 Å². The predicted octanol–water partition coefficient (Wildman–Crippen LogP) is 3.22. The SMILES string of the molecule is C=CCc1cc(/C=C(\C#N)C(=O)Nc2ccc(C(=O)OC)cc2)cc(OC)c1OCC(=O)O. The third-order valence-corrected chi connectivity index (χ3v) is 4.32. The maximum Gasteiger partial charge on any atom is 0.341 e. The Morgan fingerprint density at radius 2 is 1.88 bits per heavy atom. The number of methoxy groups -OCH3 is 2. The fraction of sp³-hybridized carbons (Fsp3) is 0.167. The molecular weight excluding hydrogens is 428 g/mol. The van der Waals surface area contributed by atoms with Crippen LogP contribution in [0.3, 0.4) is 0 Å². The fourth-order valence-corrected chi connectivity index (χ4v) is 2.84. The van der Waals surface area contributed by atoms with Gasteiger partial charge in [0.2, 0.25) is 0 Å². The lowest BCUT2D eigenvalue weighted by Crippen LogP contribution is -2.14. The van der Waals surface area contributed by atoms with Crippen LogP contribution in [0, 0.1) is 11.3 Å². The van der Waals surface area contributed by atoms with E-state index in [0.717, 1.165) is 0 Å². The fourth-order valence-electron chi connectivity index (χ4n) is 2.84. The molecule has 2 aromatic rings. The highest BCUT2D eigenvalue weighted by molar-refractivity contribution is 6.09. The Morgan fingerprint density at radius 1 is 1.18 bits per heavy atom. The van der Waals surface area contributed by atoms with Gasteiger partial charge in [-0.25, -0.2) is 9.59 Å². The first kappa shape index (κ1) is 24.7. The molecule has 0 fully saturated rings. The number of esters is 1. The van der Waals surface area contributed by atoms with Crippen LogP contribution in [0.2, 0.25) is 0 Å². The molecule has 0 unspecified atom stereocenters. The van der Waals surface area contributed by atoms with Crippen LogP contribution in [0.15, 0.2) is 54.6 Å². The molecule has 0 aliphatic carbocycles. The second-order valence-electron chi connectivity index (χ2n) is 6.58. The second kappa shape index (κ2) is 11.7. The monoisotopic (exact) mass is 450 g/mol. The van der Waals surface area contributed by atoms with Gasteiger partial charge in [-0.15, -0.1) is 6.58 Å². The molecule has 0 aliphatic heterocycles. The van der Waals surface area contributed by atoms with Gasteiger partial charge in [0, 0.05) is 11.3 Å². The van der Waals surface area contributed by atoms with Gasteiger partial charge in [0.1, 0.15) is 11.6 Å². The highest BCUT2D eigenvalue weighted by Crippen LogP contribution is 2.34. The second-order valence-corrected chi connectivity index (χ2v) is 6.58. The number of carbonyl (C=O) groups excluding carboxylic acids is 2. The van der Waals surface area contributed by atoms with Gasteiger partial charge in [0.05, 0.1) is 19.8 Å². The van der Waals surface area contributed by atoms with Crippen LogP contribution in [0.25, 0.3) is 6.08 Å². The van der Waals surface area contributed by atoms with Crippen LogP contribution in [0.4, 0.5) is 5.69 Å². The molecule has 0 heterocycles. The summed E-state index contributed by atoms with van der Waals surface area (Å²) in [6.45, 7) is 3.12. The van der Waals surface area contributed by atoms with Crippen LogP contribution < -0.4 is 14.8 Å². The van der Waals surface area contributed by atoms with E-state index in [1.807, 2.05) is 6.07 Å². The first-order chi connectivity index (χ1) is 15.8. The van der Waals surface area contributed by atoms with Gasteiger partial charge >= 0.3 is 11.9 Å². The molecule has 0 saturated heterocycles. The van der Waals surface area contributed by atoms with Crippen LogP contribution in [-0.4, -0.2) is 43.8 Å². The zero-order valence-electron chi connectivity index (χ0n) is 18.1. The van der Waals surface area contributed by atoms with E-state index in [4.69, 9.17) is 14.6 Å². The maximum atomic E-state index is 12.6. The number of amides is 1. The summed E-state index contributed by atoms with van der Waals surface area (Å²) in [5, 5.41) is 21.0. The lowest BCUT2D eigenvalue weighted by Gasteiger charge is -2.15. The molecule has 2 N–H and O–H groups in total. The lowest BCUT2D eigenvalue weighted by molar-refractivity contribution is -0.139. The average molecular weight is 450 g/mol. The van der Waals surface area contributed by atoms with Crippen molar-refractivity contribution >= 4 is 29.6 Å². The Morgan fingerprint density at radius 3 is 2.42 bits per heavy atom. The Hall–Kier alpha value is -4.58. The number of nitrogens with zero attached hydrogens (tertiary/aromatic N) is 1. The Labute approximate surface area is 190 Å². The average Bonchev–Trinajstić information content (AvgIpc) is 2.81. The number of carboxylic acids is 1. The topological polar surface area (TPSA) is 135 Å². The first-order valence-electron chi connectivity index (χ1n) is 9.60. The minimum atomic E-state index is -1.14. The van der Waals surface area contributed by atoms with E-state index in [9.17, 15) is 19.6 Å². The number of nitriles is 1. The van der Waals surface area contributed by atoms with Crippen molar-refractivity contribution in [1.29, 1.82) is 5.26 Å². The maximum absolute atomic E-state index is 12.6. The number of benzene rings is 2. The predicted molar refractivity (Wildman–Crippen MR) is 120 cm³/mol. The van der Waals surface area contributed by atoms with Crippen molar-refractivity contribution in [2.24, 2.45) is 0 Å². The Balaban J connectivity index is 2.33.